The maximum atomic E-state index is 12.7. The van der Waals surface area contributed by atoms with Gasteiger partial charge in [0.1, 0.15) is 11.6 Å². The molecule has 1 unspecified atom stereocenters. The van der Waals surface area contributed by atoms with Gasteiger partial charge >= 0.3 is 0 Å². The fraction of sp³-hybridized carbons (Fsp3) is 0.562. The van der Waals surface area contributed by atoms with Crippen LogP contribution in [-0.4, -0.2) is 33.3 Å². The van der Waals surface area contributed by atoms with Crippen molar-refractivity contribution < 1.29 is 9.59 Å². The topological polar surface area (TPSA) is 62.3 Å². The highest BCUT2D eigenvalue weighted by Gasteiger charge is 2.49. The van der Waals surface area contributed by atoms with Crippen LogP contribution >= 0.6 is 0 Å². The van der Waals surface area contributed by atoms with Gasteiger partial charge in [0.2, 0.25) is 11.8 Å². The standard InChI is InChI=1S/C16H23N3O2/c1-4-13-14(20)19(11-12-9-7-8-10-17-12)16(5-2,6-3)15(21)18-13/h7-10,13H,4-6,11H2,1-3H3,(H,18,21). The van der Waals surface area contributed by atoms with E-state index in [9.17, 15) is 9.59 Å². The van der Waals surface area contributed by atoms with E-state index >= 15 is 0 Å². The zero-order chi connectivity index (χ0) is 15.5. The highest BCUT2D eigenvalue weighted by molar-refractivity contribution is 5.99. The molecule has 1 atom stereocenters. The predicted octanol–water partition coefficient (Wildman–Crippen LogP) is 1.88. The highest BCUT2D eigenvalue weighted by Crippen LogP contribution is 2.30. The molecule has 21 heavy (non-hydrogen) atoms. The number of pyridine rings is 1. The van der Waals surface area contributed by atoms with Crippen molar-refractivity contribution in [2.24, 2.45) is 0 Å². The Morgan fingerprint density at radius 2 is 1.95 bits per heavy atom. The number of piperazine rings is 1. The van der Waals surface area contributed by atoms with Gasteiger partial charge in [-0.25, -0.2) is 0 Å². The predicted molar refractivity (Wildman–Crippen MR) is 80.3 cm³/mol. The van der Waals surface area contributed by atoms with Crippen LogP contribution in [0.2, 0.25) is 0 Å². The van der Waals surface area contributed by atoms with Crippen molar-refractivity contribution >= 4 is 11.8 Å². The molecule has 2 rings (SSSR count). The fourth-order valence-electron chi connectivity index (χ4n) is 2.99. The van der Waals surface area contributed by atoms with E-state index in [1.165, 1.54) is 0 Å². The molecule has 0 saturated carbocycles. The van der Waals surface area contributed by atoms with Crippen molar-refractivity contribution in [3.8, 4) is 0 Å². The molecule has 2 amide bonds. The summed E-state index contributed by atoms with van der Waals surface area (Å²) in [4.78, 5) is 31.3. The van der Waals surface area contributed by atoms with E-state index in [0.717, 1.165) is 5.69 Å². The summed E-state index contributed by atoms with van der Waals surface area (Å²) in [5, 5.41) is 2.87. The van der Waals surface area contributed by atoms with Crippen molar-refractivity contribution in [2.75, 3.05) is 0 Å². The molecule has 0 aliphatic carbocycles. The second-order valence-corrected chi connectivity index (χ2v) is 5.42. The number of hydrogen-bond acceptors (Lipinski definition) is 3. The summed E-state index contributed by atoms with van der Waals surface area (Å²) in [6, 6.07) is 5.20. The van der Waals surface area contributed by atoms with Gasteiger partial charge in [-0.05, 0) is 31.4 Å². The number of nitrogens with one attached hydrogen (secondary N) is 1. The van der Waals surface area contributed by atoms with Crippen LogP contribution in [0, 0.1) is 0 Å². The number of rotatable bonds is 5. The minimum atomic E-state index is -0.764. The van der Waals surface area contributed by atoms with Crippen molar-refractivity contribution in [2.45, 2.75) is 58.2 Å². The van der Waals surface area contributed by atoms with Gasteiger partial charge in [-0.15, -0.1) is 0 Å². The van der Waals surface area contributed by atoms with Gasteiger partial charge in [0.15, 0.2) is 0 Å². The quantitative estimate of drug-likeness (QED) is 0.900. The molecule has 0 radical (unpaired) electrons. The summed E-state index contributed by atoms with van der Waals surface area (Å²) in [7, 11) is 0. The summed E-state index contributed by atoms with van der Waals surface area (Å²) >= 11 is 0. The van der Waals surface area contributed by atoms with Crippen LogP contribution in [0.5, 0.6) is 0 Å². The lowest BCUT2D eigenvalue weighted by Gasteiger charge is -2.47. The third kappa shape index (κ3) is 2.64. The molecule has 2 heterocycles. The lowest BCUT2D eigenvalue weighted by Crippen LogP contribution is -2.69. The summed E-state index contributed by atoms with van der Waals surface area (Å²) in [6.07, 6.45) is 3.52. The molecule has 1 aliphatic rings. The first-order chi connectivity index (χ1) is 10.1. The maximum Gasteiger partial charge on any atom is 0.246 e. The Morgan fingerprint density at radius 3 is 2.48 bits per heavy atom. The Hall–Kier alpha value is -1.91. The Labute approximate surface area is 125 Å². The Morgan fingerprint density at radius 1 is 1.24 bits per heavy atom. The van der Waals surface area contributed by atoms with Gasteiger partial charge in [0, 0.05) is 6.20 Å². The molecule has 1 aliphatic heterocycles. The lowest BCUT2D eigenvalue weighted by atomic mass is 9.85. The maximum absolute atomic E-state index is 12.7. The normalized spacial score (nSPS) is 21.3. The van der Waals surface area contributed by atoms with Crippen LogP contribution in [-0.2, 0) is 16.1 Å². The van der Waals surface area contributed by atoms with Crippen LogP contribution in [0.15, 0.2) is 24.4 Å². The van der Waals surface area contributed by atoms with E-state index in [2.05, 4.69) is 10.3 Å². The number of aromatic nitrogens is 1. The van der Waals surface area contributed by atoms with Crippen LogP contribution in [0.25, 0.3) is 0 Å². The Kier molecular flexibility index (Phi) is 4.60. The van der Waals surface area contributed by atoms with Crippen LogP contribution in [0.1, 0.15) is 45.7 Å². The number of hydrogen-bond donors (Lipinski definition) is 1. The minimum absolute atomic E-state index is 0.00791. The zero-order valence-corrected chi connectivity index (χ0v) is 12.9. The van der Waals surface area contributed by atoms with Crippen molar-refractivity contribution in [3.63, 3.8) is 0 Å². The molecule has 5 heteroatoms. The number of carbonyl (C=O) groups excluding carboxylic acids is 2. The van der Waals surface area contributed by atoms with E-state index in [0.29, 0.717) is 25.8 Å². The van der Waals surface area contributed by atoms with E-state index in [1.807, 2.05) is 39.0 Å². The Bertz CT molecular complexity index is 512. The Balaban J connectivity index is 2.38. The minimum Gasteiger partial charge on any atom is -0.342 e. The van der Waals surface area contributed by atoms with Crippen LogP contribution in [0.3, 0.4) is 0 Å². The lowest BCUT2D eigenvalue weighted by molar-refractivity contribution is -0.159. The monoisotopic (exact) mass is 289 g/mol. The number of nitrogens with zero attached hydrogens (tertiary/aromatic N) is 2. The SMILES string of the molecule is CCC1NC(=O)C(CC)(CC)N(Cc2ccccn2)C1=O. The fourth-order valence-corrected chi connectivity index (χ4v) is 2.99. The summed E-state index contributed by atoms with van der Waals surface area (Å²) in [5.41, 5.74) is 0.0435. The summed E-state index contributed by atoms with van der Waals surface area (Å²) < 4.78 is 0. The van der Waals surface area contributed by atoms with E-state index in [4.69, 9.17) is 0 Å². The highest BCUT2D eigenvalue weighted by atomic mass is 16.2. The van der Waals surface area contributed by atoms with Crippen molar-refractivity contribution in [1.82, 2.24) is 15.2 Å². The third-order valence-electron chi connectivity index (χ3n) is 4.43. The average molecular weight is 289 g/mol. The van der Waals surface area contributed by atoms with E-state index in [1.54, 1.807) is 11.1 Å². The van der Waals surface area contributed by atoms with Crippen molar-refractivity contribution in [1.29, 1.82) is 0 Å². The first kappa shape index (κ1) is 15.5. The first-order valence-electron chi connectivity index (χ1n) is 7.61. The molecule has 114 valence electrons. The van der Waals surface area contributed by atoms with E-state index < -0.39 is 11.6 Å². The average Bonchev–Trinajstić information content (AvgIpc) is 2.52. The van der Waals surface area contributed by atoms with Gasteiger partial charge in [0.05, 0.1) is 12.2 Å². The second-order valence-electron chi connectivity index (χ2n) is 5.42. The van der Waals surface area contributed by atoms with Gasteiger partial charge in [-0.1, -0.05) is 26.8 Å². The third-order valence-corrected chi connectivity index (χ3v) is 4.43. The molecule has 1 fully saturated rings. The molecular weight excluding hydrogens is 266 g/mol. The molecule has 1 saturated heterocycles. The molecule has 1 N–H and O–H groups in total. The van der Waals surface area contributed by atoms with Gasteiger partial charge in [-0.2, -0.15) is 0 Å². The molecular formula is C16H23N3O2. The molecule has 0 aromatic carbocycles. The van der Waals surface area contributed by atoms with Crippen molar-refractivity contribution in [3.05, 3.63) is 30.1 Å². The first-order valence-corrected chi connectivity index (χ1v) is 7.61. The molecule has 0 spiro atoms. The number of carbonyl (C=O) groups is 2. The molecule has 5 nitrogen and oxygen atoms in total. The van der Waals surface area contributed by atoms with E-state index in [-0.39, 0.29) is 11.8 Å². The molecule has 0 bridgehead atoms. The van der Waals surface area contributed by atoms with Crippen LogP contribution < -0.4 is 5.32 Å². The summed E-state index contributed by atoms with van der Waals surface area (Å²) in [5.74, 6) is -0.0543. The van der Waals surface area contributed by atoms with Gasteiger partial charge < -0.3 is 10.2 Å². The second kappa shape index (κ2) is 6.24. The van der Waals surface area contributed by atoms with Crippen LogP contribution in [0.4, 0.5) is 0 Å². The smallest absolute Gasteiger partial charge is 0.246 e. The molecule has 1 aromatic heterocycles. The summed E-state index contributed by atoms with van der Waals surface area (Å²) in [6.45, 7) is 6.19. The number of amides is 2. The largest absolute Gasteiger partial charge is 0.342 e. The zero-order valence-electron chi connectivity index (χ0n) is 12.9. The van der Waals surface area contributed by atoms with Gasteiger partial charge in [0.25, 0.3) is 0 Å². The molecule has 1 aromatic rings. The van der Waals surface area contributed by atoms with Gasteiger partial charge in [-0.3, -0.25) is 14.6 Å².